The summed E-state index contributed by atoms with van der Waals surface area (Å²) in [5, 5.41) is 14.1. The number of nitrogens with zero attached hydrogens (tertiary/aromatic N) is 1. The van der Waals surface area contributed by atoms with Gasteiger partial charge < -0.3 is 20.6 Å². The molecule has 0 unspecified atom stereocenters. The highest BCUT2D eigenvalue weighted by molar-refractivity contribution is 5.95. The van der Waals surface area contributed by atoms with Crippen molar-refractivity contribution in [3.05, 3.63) is 29.8 Å². The second-order valence-corrected chi connectivity index (χ2v) is 6.28. The fourth-order valence-electron chi connectivity index (χ4n) is 1.70. The number of benzene rings is 1. The van der Waals surface area contributed by atoms with Gasteiger partial charge >= 0.3 is 12.0 Å². The lowest BCUT2D eigenvalue weighted by molar-refractivity contribution is -0.137. The smallest absolute Gasteiger partial charge is 0.321 e. The molecule has 0 fully saturated rings. The number of amides is 3. The molecule has 23 heavy (non-hydrogen) atoms. The van der Waals surface area contributed by atoms with Gasteiger partial charge in [0.25, 0.3) is 5.91 Å². The summed E-state index contributed by atoms with van der Waals surface area (Å²) in [6.07, 6.45) is -0.115. The largest absolute Gasteiger partial charge is 0.481 e. The number of hydrogen-bond acceptors (Lipinski definition) is 3. The maximum absolute atomic E-state index is 12.0. The van der Waals surface area contributed by atoms with Crippen LogP contribution in [0.3, 0.4) is 0 Å². The molecule has 0 radical (unpaired) electrons. The van der Waals surface area contributed by atoms with Gasteiger partial charge in [-0.05, 0) is 45.0 Å². The average Bonchev–Trinajstić information content (AvgIpc) is 2.43. The highest BCUT2D eigenvalue weighted by Gasteiger charge is 2.15. The zero-order valence-electron chi connectivity index (χ0n) is 13.8. The molecule has 0 aliphatic carbocycles. The van der Waals surface area contributed by atoms with Crippen molar-refractivity contribution in [2.75, 3.05) is 18.9 Å². The maximum atomic E-state index is 12.0. The molecule has 0 aliphatic heterocycles. The van der Waals surface area contributed by atoms with Crippen molar-refractivity contribution in [2.24, 2.45) is 0 Å². The first-order valence-corrected chi connectivity index (χ1v) is 7.25. The topological polar surface area (TPSA) is 98.7 Å². The van der Waals surface area contributed by atoms with Gasteiger partial charge in [-0.25, -0.2) is 4.79 Å². The van der Waals surface area contributed by atoms with Crippen LogP contribution in [-0.2, 0) is 4.79 Å². The molecule has 1 aromatic rings. The van der Waals surface area contributed by atoms with Crippen molar-refractivity contribution in [1.29, 1.82) is 0 Å². The number of carbonyl (C=O) groups is 3. The van der Waals surface area contributed by atoms with E-state index in [2.05, 4.69) is 10.6 Å². The molecule has 7 nitrogen and oxygen atoms in total. The van der Waals surface area contributed by atoms with Gasteiger partial charge in [0.15, 0.2) is 0 Å². The summed E-state index contributed by atoms with van der Waals surface area (Å²) in [5.41, 5.74) is 0.707. The average molecular weight is 321 g/mol. The molecule has 1 aromatic carbocycles. The van der Waals surface area contributed by atoms with Crippen LogP contribution in [0.1, 0.15) is 37.6 Å². The Kier molecular flexibility index (Phi) is 6.12. The van der Waals surface area contributed by atoms with Crippen molar-refractivity contribution in [1.82, 2.24) is 10.2 Å². The molecule has 3 amide bonds. The number of hydrogen-bond donors (Lipinski definition) is 3. The first-order chi connectivity index (χ1) is 10.6. The van der Waals surface area contributed by atoms with Gasteiger partial charge in [-0.3, -0.25) is 9.59 Å². The predicted octanol–water partition coefficient (Wildman–Crippen LogP) is 2.15. The van der Waals surface area contributed by atoms with Gasteiger partial charge in [0.05, 0.1) is 6.42 Å². The van der Waals surface area contributed by atoms with Crippen LogP contribution in [-0.4, -0.2) is 47.0 Å². The number of anilines is 1. The van der Waals surface area contributed by atoms with Crippen molar-refractivity contribution < 1.29 is 19.5 Å². The zero-order valence-corrected chi connectivity index (χ0v) is 13.8. The van der Waals surface area contributed by atoms with Crippen LogP contribution < -0.4 is 10.6 Å². The van der Waals surface area contributed by atoms with Gasteiger partial charge in [0.1, 0.15) is 0 Å². The van der Waals surface area contributed by atoms with Gasteiger partial charge in [0.2, 0.25) is 0 Å². The molecule has 0 heterocycles. The third-order valence-corrected chi connectivity index (χ3v) is 2.89. The SMILES string of the molecule is CN(CCC(=O)O)C(=O)Nc1ccc(C(=O)NC(C)(C)C)cc1. The molecule has 126 valence electrons. The quantitative estimate of drug-likeness (QED) is 0.774. The number of carboxylic acids is 1. The summed E-state index contributed by atoms with van der Waals surface area (Å²) in [7, 11) is 1.52. The van der Waals surface area contributed by atoms with E-state index in [9.17, 15) is 14.4 Å². The van der Waals surface area contributed by atoms with E-state index in [-0.39, 0.29) is 24.4 Å². The molecule has 0 atom stereocenters. The van der Waals surface area contributed by atoms with Crippen LogP contribution in [0.2, 0.25) is 0 Å². The summed E-state index contributed by atoms with van der Waals surface area (Å²) in [6, 6.07) is 6.08. The van der Waals surface area contributed by atoms with Crippen LogP contribution in [0.4, 0.5) is 10.5 Å². The maximum Gasteiger partial charge on any atom is 0.321 e. The molecule has 0 saturated heterocycles. The van der Waals surface area contributed by atoms with E-state index in [0.717, 1.165) is 0 Å². The summed E-state index contributed by atoms with van der Waals surface area (Å²) in [6.45, 7) is 5.80. The van der Waals surface area contributed by atoms with Crippen molar-refractivity contribution >= 4 is 23.6 Å². The van der Waals surface area contributed by atoms with Gasteiger partial charge in [-0.1, -0.05) is 0 Å². The third kappa shape index (κ3) is 6.82. The number of urea groups is 1. The number of carbonyl (C=O) groups excluding carboxylic acids is 2. The Labute approximate surface area is 135 Å². The second kappa shape index (κ2) is 7.62. The molecule has 7 heteroatoms. The lowest BCUT2D eigenvalue weighted by atomic mass is 10.1. The molecule has 3 N–H and O–H groups in total. The summed E-state index contributed by atoms with van der Waals surface area (Å²) in [4.78, 5) is 35.6. The van der Waals surface area contributed by atoms with E-state index in [0.29, 0.717) is 11.3 Å². The van der Waals surface area contributed by atoms with Crippen LogP contribution in [0.5, 0.6) is 0 Å². The minimum absolute atomic E-state index is 0.115. The number of rotatable bonds is 5. The Bertz CT molecular complexity index is 576. The summed E-state index contributed by atoms with van der Waals surface area (Å²) in [5.74, 6) is -1.15. The van der Waals surface area contributed by atoms with E-state index in [4.69, 9.17) is 5.11 Å². The number of carboxylic acid groups (broad SMARTS) is 1. The minimum atomic E-state index is -0.959. The van der Waals surface area contributed by atoms with E-state index in [1.54, 1.807) is 24.3 Å². The molecular weight excluding hydrogens is 298 g/mol. The van der Waals surface area contributed by atoms with Crippen LogP contribution >= 0.6 is 0 Å². The van der Waals surface area contributed by atoms with E-state index in [1.165, 1.54) is 11.9 Å². The molecule has 0 saturated carbocycles. The Morgan fingerprint density at radius 2 is 1.70 bits per heavy atom. The standard InChI is InChI=1S/C16H23N3O4/c1-16(2,3)18-14(22)11-5-7-12(8-6-11)17-15(23)19(4)10-9-13(20)21/h5-8H,9-10H2,1-4H3,(H,17,23)(H,18,22)(H,20,21). The van der Waals surface area contributed by atoms with Crippen LogP contribution in [0.25, 0.3) is 0 Å². The molecule has 0 bridgehead atoms. The van der Waals surface area contributed by atoms with E-state index >= 15 is 0 Å². The molecule has 1 rings (SSSR count). The minimum Gasteiger partial charge on any atom is -0.481 e. The highest BCUT2D eigenvalue weighted by Crippen LogP contribution is 2.11. The third-order valence-electron chi connectivity index (χ3n) is 2.89. The normalized spacial score (nSPS) is 10.8. The Hall–Kier alpha value is -2.57. The lowest BCUT2D eigenvalue weighted by Gasteiger charge is -2.20. The fraction of sp³-hybridized carbons (Fsp3) is 0.438. The monoisotopic (exact) mass is 321 g/mol. The number of nitrogens with one attached hydrogen (secondary N) is 2. The highest BCUT2D eigenvalue weighted by atomic mass is 16.4. The summed E-state index contributed by atoms with van der Waals surface area (Å²) < 4.78 is 0. The predicted molar refractivity (Wildman–Crippen MR) is 87.6 cm³/mol. The Balaban J connectivity index is 2.61. The van der Waals surface area contributed by atoms with Crippen molar-refractivity contribution in [3.63, 3.8) is 0 Å². The molecule has 0 spiro atoms. The number of aliphatic carboxylic acids is 1. The van der Waals surface area contributed by atoms with Crippen molar-refractivity contribution in [3.8, 4) is 0 Å². The van der Waals surface area contributed by atoms with Gasteiger partial charge in [0, 0.05) is 30.4 Å². The zero-order chi connectivity index (χ0) is 17.6. The first-order valence-electron chi connectivity index (χ1n) is 7.25. The summed E-state index contributed by atoms with van der Waals surface area (Å²) >= 11 is 0. The second-order valence-electron chi connectivity index (χ2n) is 6.28. The fourth-order valence-corrected chi connectivity index (χ4v) is 1.70. The lowest BCUT2D eigenvalue weighted by Crippen LogP contribution is -2.40. The van der Waals surface area contributed by atoms with E-state index < -0.39 is 12.0 Å². The van der Waals surface area contributed by atoms with E-state index in [1.807, 2.05) is 20.8 Å². The Morgan fingerprint density at radius 3 is 2.17 bits per heavy atom. The molecular formula is C16H23N3O4. The van der Waals surface area contributed by atoms with Crippen molar-refractivity contribution in [2.45, 2.75) is 32.7 Å². The molecule has 0 aliphatic rings. The first kappa shape index (κ1) is 18.5. The Morgan fingerprint density at radius 1 is 1.13 bits per heavy atom. The molecule has 0 aromatic heterocycles. The van der Waals surface area contributed by atoms with Crippen LogP contribution in [0, 0.1) is 0 Å². The van der Waals surface area contributed by atoms with Gasteiger partial charge in [-0.15, -0.1) is 0 Å². The van der Waals surface area contributed by atoms with Crippen LogP contribution in [0.15, 0.2) is 24.3 Å². The van der Waals surface area contributed by atoms with Gasteiger partial charge in [-0.2, -0.15) is 0 Å².